The fraction of sp³-hybridized carbons (Fsp3) is 0.0690. The van der Waals surface area contributed by atoms with Crippen LogP contribution in [0, 0.1) is 24.0 Å². The van der Waals surface area contributed by atoms with E-state index in [1.807, 2.05) is 0 Å². The third kappa shape index (κ3) is 3.99. The summed E-state index contributed by atoms with van der Waals surface area (Å²) in [6.45, 7) is 0. The van der Waals surface area contributed by atoms with Gasteiger partial charge in [0.2, 0.25) is 0 Å². The molecule has 11 heteroatoms. The molecule has 196 valence electrons. The van der Waals surface area contributed by atoms with Gasteiger partial charge in [-0.15, -0.1) is 6.42 Å². The minimum absolute atomic E-state index is 0.0567. The number of nitrogens with zero attached hydrogens (tertiary/aromatic N) is 7. The van der Waals surface area contributed by atoms with Crippen LogP contribution in [0.3, 0.4) is 0 Å². The number of pyridine rings is 2. The summed E-state index contributed by atoms with van der Waals surface area (Å²) in [7, 11) is 3.10. The zero-order chi connectivity index (χ0) is 28.0. The van der Waals surface area contributed by atoms with Crippen LogP contribution in [0.4, 0.5) is 20.3 Å². The van der Waals surface area contributed by atoms with Crippen LogP contribution in [-0.2, 0) is 0 Å². The van der Waals surface area contributed by atoms with E-state index in [2.05, 4.69) is 31.0 Å². The van der Waals surface area contributed by atoms with Crippen LogP contribution in [0.2, 0.25) is 0 Å². The van der Waals surface area contributed by atoms with Crippen LogP contribution in [0.15, 0.2) is 67.4 Å². The number of phenolic OH excluding ortho intramolecular Hbond substituents is 1. The lowest BCUT2D eigenvalue weighted by Crippen LogP contribution is -2.13. The largest absolute Gasteiger partial charge is 0.508 e. The number of methoxy groups -OCH3 is 1. The van der Waals surface area contributed by atoms with E-state index in [0.29, 0.717) is 11.1 Å². The Labute approximate surface area is 226 Å². The molecule has 0 aliphatic carbocycles. The second-order valence-electron chi connectivity index (χ2n) is 8.78. The van der Waals surface area contributed by atoms with Gasteiger partial charge >= 0.3 is 6.01 Å². The fourth-order valence-electron chi connectivity index (χ4n) is 4.56. The highest BCUT2D eigenvalue weighted by Gasteiger charge is 2.24. The molecular weight excluding hydrogens is 516 g/mol. The molecule has 0 radical (unpaired) electrons. The van der Waals surface area contributed by atoms with Gasteiger partial charge in [-0.3, -0.25) is 4.98 Å². The first-order chi connectivity index (χ1) is 19.4. The molecule has 9 nitrogen and oxygen atoms in total. The van der Waals surface area contributed by atoms with Crippen molar-refractivity contribution in [3.8, 4) is 41.0 Å². The quantitative estimate of drug-likeness (QED) is 0.302. The zero-order valence-electron chi connectivity index (χ0n) is 21.2. The van der Waals surface area contributed by atoms with E-state index in [1.54, 1.807) is 53.5 Å². The number of aromatic hydroxyl groups is 1. The van der Waals surface area contributed by atoms with Crippen LogP contribution < -0.4 is 9.64 Å². The Balaban J connectivity index is 1.63. The van der Waals surface area contributed by atoms with Crippen molar-refractivity contribution in [1.29, 1.82) is 0 Å². The highest BCUT2D eigenvalue weighted by atomic mass is 19.1. The summed E-state index contributed by atoms with van der Waals surface area (Å²) in [5.74, 6) is 0.969. The smallest absolute Gasteiger partial charge is 0.316 e. The Bertz CT molecular complexity index is 1970. The van der Waals surface area contributed by atoms with E-state index in [9.17, 15) is 9.50 Å². The molecule has 0 saturated heterocycles. The third-order valence-electron chi connectivity index (χ3n) is 6.48. The molecule has 2 aromatic carbocycles. The van der Waals surface area contributed by atoms with Crippen LogP contribution in [-0.4, -0.2) is 49.0 Å². The van der Waals surface area contributed by atoms with Gasteiger partial charge in [0.1, 0.15) is 28.6 Å². The van der Waals surface area contributed by atoms with Crippen molar-refractivity contribution in [3.05, 3.63) is 84.6 Å². The number of phenols is 1. The van der Waals surface area contributed by atoms with Gasteiger partial charge in [0.25, 0.3) is 0 Å². The van der Waals surface area contributed by atoms with Crippen molar-refractivity contribution in [2.75, 3.05) is 19.1 Å². The second kappa shape index (κ2) is 9.59. The fourth-order valence-corrected chi connectivity index (χ4v) is 4.56. The molecule has 4 aromatic heterocycles. The maximum atomic E-state index is 16.3. The molecule has 0 amide bonds. The number of ether oxygens (including phenoxy) is 1. The summed E-state index contributed by atoms with van der Waals surface area (Å²) < 4.78 is 37.8. The molecular formula is C29H19F2N7O2. The molecule has 40 heavy (non-hydrogen) atoms. The summed E-state index contributed by atoms with van der Waals surface area (Å²) in [5, 5.41) is 15.8. The topological polar surface area (TPSA) is 102 Å². The molecule has 4 heterocycles. The van der Waals surface area contributed by atoms with Crippen LogP contribution in [0.5, 0.6) is 11.8 Å². The Hall–Kier alpha value is -5.63. The molecule has 0 spiro atoms. The standard InChI is InChI=1S/C29H19F2N7O2/c1-4-20-23(30)6-5-16-11-19(39)12-21(24(16)20)26-25(31)27-22(14-33-29(36-27)40-3)28(35-26)37(2)18-13-34-38(15-18)17-7-9-32-10-8-17/h1,5-15,39H,2-3H3. The van der Waals surface area contributed by atoms with Crippen LogP contribution >= 0.6 is 0 Å². The number of terminal acetylenes is 1. The highest BCUT2D eigenvalue weighted by molar-refractivity contribution is 6.03. The molecule has 0 atom stereocenters. The van der Waals surface area contributed by atoms with Gasteiger partial charge in [-0.25, -0.2) is 23.4 Å². The Morgan fingerprint density at radius 1 is 1.07 bits per heavy atom. The maximum absolute atomic E-state index is 16.3. The van der Waals surface area contributed by atoms with E-state index in [-0.39, 0.29) is 50.7 Å². The Morgan fingerprint density at radius 3 is 2.62 bits per heavy atom. The monoisotopic (exact) mass is 535 g/mol. The summed E-state index contributed by atoms with van der Waals surface area (Å²) in [5.41, 5.74) is 1.14. The number of rotatable bonds is 5. The minimum atomic E-state index is -0.820. The van der Waals surface area contributed by atoms with Crippen molar-refractivity contribution < 1.29 is 18.6 Å². The van der Waals surface area contributed by atoms with Gasteiger partial charge in [0.05, 0.1) is 41.8 Å². The first-order valence-electron chi connectivity index (χ1n) is 11.9. The minimum Gasteiger partial charge on any atom is -0.508 e. The first kappa shape index (κ1) is 24.7. The maximum Gasteiger partial charge on any atom is 0.316 e. The summed E-state index contributed by atoms with van der Waals surface area (Å²) >= 11 is 0. The molecule has 0 fully saturated rings. The lowest BCUT2D eigenvalue weighted by atomic mass is 9.95. The number of aromatic nitrogens is 6. The molecule has 6 rings (SSSR count). The van der Waals surface area contributed by atoms with Gasteiger partial charge in [-0.2, -0.15) is 10.1 Å². The lowest BCUT2D eigenvalue weighted by molar-refractivity contribution is 0.381. The Kier molecular flexibility index (Phi) is 5.92. The van der Waals surface area contributed by atoms with Gasteiger partial charge in [-0.05, 0) is 35.7 Å². The zero-order valence-corrected chi connectivity index (χ0v) is 21.2. The van der Waals surface area contributed by atoms with Crippen LogP contribution in [0.25, 0.3) is 38.6 Å². The summed E-state index contributed by atoms with van der Waals surface area (Å²) in [6.07, 6.45) is 13.8. The van der Waals surface area contributed by atoms with Gasteiger partial charge in [-0.1, -0.05) is 12.0 Å². The van der Waals surface area contributed by atoms with E-state index in [4.69, 9.17) is 11.2 Å². The summed E-state index contributed by atoms with van der Waals surface area (Å²) in [6, 6.07) is 8.92. The number of hydrogen-bond donors (Lipinski definition) is 1. The SMILES string of the molecule is C#Cc1c(F)ccc2cc(O)cc(-c3nc(N(C)c4cnn(-c5ccncc5)c4)c4cnc(OC)nc4c3F)c12. The molecule has 0 saturated carbocycles. The van der Waals surface area contributed by atoms with Crippen molar-refractivity contribution in [2.24, 2.45) is 0 Å². The number of halogens is 2. The predicted octanol–water partition coefficient (Wildman–Crippen LogP) is 5.17. The molecule has 0 aliphatic rings. The van der Waals surface area contributed by atoms with Gasteiger partial charge in [0, 0.05) is 36.6 Å². The average Bonchev–Trinajstić information content (AvgIpc) is 3.48. The molecule has 0 aliphatic heterocycles. The van der Waals surface area contributed by atoms with Gasteiger partial charge in [0.15, 0.2) is 5.82 Å². The average molecular weight is 536 g/mol. The van der Waals surface area contributed by atoms with Gasteiger partial charge < -0.3 is 14.7 Å². The molecule has 6 aromatic rings. The van der Waals surface area contributed by atoms with Crippen molar-refractivity contribution in [1.82, 2.24) is 29.7 Å². The number of fused-ring (bicyclic) bond motifs is 2. The van der Waals surface area contributed by atoms with E-state index in [1.165, 1.54) is 37.6 Å². The van der Waals surface area contributed by atoms with E-state index < -0.39 is 11.6 Å². The second-order valence-corrected chi connectivity index (χ2v) is 8.78. The van der Waals surface area contributed by atoms with Crippen molar-refractivity contribution >= 4 is 33.2 Å². The van der Waals surface area contributed by atoms with E-state index in [0.717, 1.165) is 5.69 Å². The predicted molar refractivity (Wildman–Crippen MR) is 146 cm³/mol. The van der Waals surface area contributed by atoms with E-state index >= 15 is 4.39 Å². The molecule has 0 unspecified atom stereocenters. The normalized spacial score (nSPS) is 11.1. The first-order valence-corrected chi connectivity index (χ1v) is 11.9. The third-order valence-corrected chi connectivity index (χ3v) is 6.48. The summed E-state index contributed by atoms with van der Waals surface area (Å²) in [4.78, 5) is 18.8. The number of benzene rings is 2. The molecule has 0 bridgehead atoms. The van der Waals surface area contributed by atoms with Crippen LogP contribution in [0.1, 0.15) is 5.56 Å². The lowest BCUT2D eigenvalue weighted by Gasteiger charge is -2.20. The Morgan fingerprint density at radius 2 is 1.88 bits per heavy atom. The number of hydrogen-bond acceptors (Lipinski definition) is 8. The van der Waals surface area contributed by atoms with Crippen molar-refractivity contribution in [3.63, 3.8) is 0 Å². The highest BCUT2D eigenvalue weighted by Crippen LogP contribution is 2.40. The number of anilines is 2. The van der Waals surface area contributed by atoms with Crippen molar-refractivity contribution in [2.45, 2.75) is 0 Å². The molecule has 1 N–H and O–H groups in total.